The van der Waals surface area contributed by atoms with Gasteiger partial charge in [0.05, 0.1) is 44.0 Å². The topological polar surface area (TPSA) is 74.6 Å². The van der Waals surface area contributed by atoms with Crippen LogP contribution in [0.15, 0.2) is 42.5 Å². The molecular weight excluding hydrogens is 370 g/mol. The number of rotatable bonds is 7. The van der Waals surface area contributed by atoms with Gasteiger partial charge in [-0.15, -0.1) is 0 Å². The Morgan fingerprint density at radius 2 is 1.62 bits per heavy atom. The fraction of sp³-hybridized carbons (Fsp3) is 0.273. The first kappa shape index (κ1) is 20.3. The van der Waals surface area contributed by atoms with Crippen molar-refractivity contribution in [3.63, 3.8) is 0 Å². The fourth-order valence-corrected chi connectivity index (χ4v) is 3.30. The van der Waals surface area contributed by atoms with E-state index in [2.05, 4.69) is 10.4 Å². The summed E-state index contributed by atoms with van der Waals surface area (Å²) in [5, 5.41) is 7.49. The second-order valence-electron chi connectivity index (χ2n) is 6.51. The molecule has 0 radical (unpaired) electrons. The molecule has 0 atom stereocenters. The van der Waals surface area contributed by atoms with Gasteiger partial charge in [0, 0.05) is 6.54 Å². The SMILES string of the molecule is COc1cc(CNC(=O)c2c(C)nn(-c3ccccc3)c2C)cc(OC)c1OC. The summed E-state index contributed by atoms with van der Waals surface area (Å²) in [5.74, 6) is 1.41. The summed E-state index contributed by atoms with van der Waals surface area (Å²) in [6.45, 7) is 4.03. The highest BCUT2D eigenvalue weighted by Gasteiger charge is 2.20. The highest BCUT2D eigenvalue weighted by molar-refractivity contribution is 5.96. The molecule has 0 fully saturated rings. The van der Waals surface area contributed by atoms with Gasteiger partial charge in [-0.05, 0) is 43.7 Å². The maximum absolute atomic E-state index is 12.9. The lowest BCUT2D eigenvalue weighted by Gasteiger charge is -2.14. The second kappa shape index (κ2) is 8.68. The van der Waals surface area contributed by atoms with E-state index in [0.717, 1.165) is 16.9 Å². The quantitative estimate of drug-likeness (QED) is 0.663. The van der Waals surface area contributed by atoms with Crippen LogP contribution in [-0.4, -0.2) is 37.0 Å². The molecule has 3 rings (SSSR count). The van der Waals surface area contributed by atoms with Crippen LogP contribution >= 0.6 is 0 Å². The van der Waals surface area contributed by atoms with E-state index in [1.54, 1.807) is 26.0 Å². The Labute approximate surface area is 170 Å². The summed E-state index contributed by atoms with van der Waals surface area (Å²) in [4.78, 5) is 12.9. The minimum absolute atomic E-state index is 0.184. The summed E-state index contributed by atoms with van der Waals surface area (Å²) in [6.07, 6.45) is 0. The monoisotopic (exact) mass is 395 g/mol. The Hall–Kier alpha value is -3.48. The van der Waals surface area contributed by atoms with E-state index in [4.69, 9.17) is 14.2 Å². The third kappa shape index (κ3) is 4.03. The number of aromatic nitrogens is 2. The molecule has 0 aliphatic heterocycles. The van der Waals surface area contributed by atoms with Crippen molar-refractivity contribution in [3.8, 4) is 22.9 Å². The van der Waals surface area contributed by atoms with E-state index in [9.17, 15) is 4.79 Å². The third-order valence-corrected chi connectivity index (χ3v) is 4.70. The zero-order chi connectivity index (χ0) is 21.0. The number of carbonyl (C=O) groups excluding carboxylic acids is 1. The largest absolute Gasteiger partial charge is 0.493 e. The van der Waals surface area contributed by atoms with Crippen molar-refractivity contribution in [2.45, 2.75) is 20.4 Å². The molecule has 7 nitrogen and oxygen atoms in total. The van der Waals surface area contributed by atoms with Gasteiger partial charge in [0.25, 0.3) is 5.91 Å². The van der Waals surface area contributed by atoms with Crippen LogP contribution in [0.2, 0.25) is 0 Å². The number of nitrogens with one attached hydrogen (secondary N) is 1. The number of ether oxygens (including phenoxy) is 3. The summed E-state index contributed by atoms with van der Waals surface area (Å²) >= 11 is 0. The molecule has 1 aromatic heterocycles. The van der Waals surface area contributed by atoms with Crippen LogP contribution < -0.4 is 19.5 Å². The molecule has 3 aromatic rings. The average molecular weight is 395 g/mol. The molecule has 2 aromatic carbocycles. The Morgan fingerprint density at radius 3 is 2.17 bits per heavy atom. The highest BCUT2D eigenvalue weighted by Crippen LogP contribution is 2.38. The minimum Gasteiger partial charge on any atom is -0.493 e. The van der Waals surface area contributed by atoms with Gasteiger partial charge >= 0.3 is 0 Å². The summed E-state index contributed by atoms with van der Waals surface area (Å²) < 4.78 is 17.9. The van der Waals surface area contributed by atoms with Crippen molar-refractivity contribution in [2.75, 3.05) is 21.3 Å². The van der Waals surface area contributed by atoms with Gasteiger partial charge in [0.2, 0.25) is 5.75 Å². The van der Waals surface area contributed by atoms with Crippen LogP contribution in [0.25, 0.3) is 5.69 Å². The van der Waals surface area contributed by atoms with Gasteiger partial charge in [0.15, 0.2) is 11.5 Å². The molecule has 0 aliphatic rings. The molecule has 0 spiro atoms. The molecule has 0 saturated carbocycles. The summed E-state index contributed by atoms with van der Waals surface area (Å²) in [6, 6.07) is 13.4. The fourth-order valence-electron chi connectivity index (χ4n) is 3.30. The second-order valence-corrected chi connectivity index (χ2v) is 6.51. The van der Waals surface area contributed by atoms with Gasteiger partial charge in [-0.2, -0.15) is 5.10 Å². The van der Waals surface area contributed by atoms with Gasteiger partial charge in [-0.1, -0.05) is 18.2 Å². The van der Waals surface area contributed by atoms with Gasteiger partial charge in [-0.25, -0.2) is 4.68 Å². The van der Waals surface area contributed by atoms with E-state index >= 15 is 0 Å². The highest BCUT2D eigenvalue weighted by atomic mass is 16.5. The van der Waals surface area contributed by atoms with E-state index in [1.165, 1.54) is 0 Å². The number of aryl methyl sites for hydroxylation is 1. The number of hydrogen-bond donors (Lipinski definition) is 1. The van der Waals surface area contributed by atoms with Crippen LogP contribution in [0.4, 0.5) is 0 Å². The van der Waals surface area contributed by atoms with Crippen molar-refractivity contribution < 1.29 is 19.0 Å². The third-order valence-electron chi connectivity index (χ3n) is 4.70. The number of benzene rings is 2. The molecule has 152 valence electrons. The van der Waals surface area contributed by atoms with Crippen molar-refractivity contribution in [2.24, 2.45) is 0 Å². The zero-order valence-corrected chi connectivity index (χ0v) is 17.3. The van der Waals surface area contributed by atoms with E-state index in [0.29, 0.717) is 35.1 Å². The standard InChI is InChI=1S/C22H25N3O4/c1-14-20(15(2)25(24-14)17-9-7-6-8-10-17)22(26)23-13-16-11-18(27-3)21(29-5)19(12-16)28-4/h6-12H,13H2,1-5H3,(H,23,26). The number of hydrogen-bond acceptors (Lipinski definition) is 5. The van der Waals surface area contributed by atoms with Gasteiger partial charge in [0.1, 0.15) is 0 Å². The first-order valence-corrected chi connectivity index (χ1v) is 9.18. The Bertz CT molecular complexity index is 987. The average Bonchev–Trinajstić information content (AvgIpc) is 3.05. The van der Waals surface area contributed by atoms with Crippen LogP contribution in [0.3, 0.4) is 0 Å². The summed E-state index contributed by atoms with van der Waals surface area (Å²) in [7, 11) is 4.67. The maximum atomic E-state index is 12.9. The molecule has 1 amide bonds. The van der Waals surface area contributed by atoms with Crippen LogP contribution in [0.5, 0.6) is 17.2 Å². The number of amides is 1. The lowest BCUT2D eigenvalue weighted by molar-refractivity contribution is 0.0949. The van der Waals surface area contributed by atoms with Crippen molar-refractivity contribution in [1.29, 1.82) is 0 Å². The molecule has 29 heavy (non-hydrogen) atoms. The smallest absolute Gasteiger partial charge is 0.255 e. The van der Waals surface area contributed by atoms with Crippen LogP contribution in [0.1, 0.15) is 27.3 Å². The number of methoxy groups -OCH3 is 3. The Balaban J connectivity index is 1.83. The van der Waals surface area contributed by atoms with Crippen LogP contribution in [-0.2, 0) is 6.54 Å². The number of nitrogens with zero attached hydrogens (tertiary/aromatic N) is 2. The Kier molecular flexibility index (Phi) is 6.07. The molecule has 0 unspecified atom stereocenters. The van der Waals surface area contributed by atoms with E-state index < -0.39 is 0 Å². The zero-order valence-electron chi connectivity index (χ0n) is 17.3. The minimum atomic E-state index is -0.184. The van der Waals surface area contributed by atoms with E-state index in [-0.39, 0.29) is 5.91 Å². The molecule has 0 saturated heterocycles. The van der Waals surface area contributed by atoms with Crippen molar-refractivity contribution in [3.05, 3.63) is 65.0 Å². The predicted molar refractivity (Wildman–Crippen MR) is 110 cm³/mol. The first-order valence-electron chi connectivity index (χ1n) is 9.18. The molecule has 0 aliphatic carbocycles. The molecular formula is C22H25N3O4. The van der Waals surface area contributed by atoms with Crippen molar-refractivity contribution in [1.82, 2.24) is 15.1 Å². The lowest BCUT2D eigenvalue weighted by atomic mass is 10.1. The summed E-state index contributed by atoms with van der Waals surface area (Å²) in [5.41, 5.74) is 3.78. The first-order chi connectivity index (χ1) is 14.0. The van der Waals surface area contributed by atoms with Gasteiger partial charge in [-0.3, -0.25) is 4.79 Å². The van der Waals surface area contributed by atoms with Crippen molar-refractivity contribution >= 4 is 5.91 Å². The maximum Gasteiger partial charge on any atom is 0.255 e. The van der Waals surface area contributed by atoms with Crippen LogP contribution in [0, 0.1) is 13.8 Å². The number of para-hydroxylation sites is 1. The Morgan fingerprint density at radius 1 is 1.00 bits per heavy atom. The number of carbonyl (C=O) groups is 1. The molecule has 0 bridgehead atoms. The van der Waals surface area contributed by atoms with Gasteiger partial charge < -0.3 is 19.5 Å². The molecule has 1 heterocycles. The normalized spacial score (nSPS) is 10.5. The molecule has 7 heteroatoms. The predicted octanol–water partition coefficient (Wildman–Crippen LogP) is 3.44. The lowest BCUT2D eigenvalue weighted by Crippen LogP contribution is -2.24. The molecule has 1 N–H and O–H groups in total. The van der Waals surface area contributed by atoms with E-state index in [1.807, 2.05) is 56.3 Å².